The number of nitrogens with zero attached hydrogens (tertiary/aromatic N) is 3. The maximum atomic E-state index is 12.8. The molecule has 0 radical (unpaired) electrons. The molecule has 3 aromatic rings. The molecule has 1 atom stereocenters. The van der Waals surface area contributed by atoms with Gasteiger partial charge in [-0.3, -0.25) is 4.79 Å². The first-order chi connectivity index (χ1) is 11.2. The van der Waals surface area contributed by atoms with Crippen LogP contribution < -0.4 is 0 Å². The largest absolute Gasteiger partial charge is 0.451 e. The summed E-state index contributed by atoms with van der Waals surface area (Å²) in [5.74, 6) is 0.403. The summed E-state index contributed by atoms with van der Waals surface area (Å²) in [5, 5.41) is 0.983. The minimum atomic E-state index is -0.0244. The first-order valence-corrected chi connectivity index (χ1v) is 7.97. The number of aryl methyl sites for hydroxylation is 1. The molecule has 0 N–H and O–H groups in total. The molecule has 1 aliphatic heterocycles. The third kappa shape index (κ3) is 2.63. The highest BCUT2D eigenvalue weighted by Gasteiger charge is 2.27. The maximum absolute atomic E-state index is 12.8. The van der Waals surface area contributed by atoms with Crippen molar-refractivity contribution in [2.75, 3.05) is 13.1 Å². The van der Waals surface area contributed by atoms with Crippen LogP contribution in [0, 0.1) is 6.92 Å². The Morgan fingerprint density at radius 3 is 3.09 bits per heavy atom. The van der Waals surface area contributed by atoms with Crippen molar-refractivity contribution in [1.29, 1.82) is 0 Å². The van der Waals surface area contributed by atoms with Crippen LogP contribution in [0.25, 0.3) is 11.0 Å². The van der Waals surface area contributed by atoms with E-state index < -0.39 is 0 Å². The summed E-state index contributed by atoms with van der Waals surface area (Å²) in [4.78, 5) is 18.8. The zero-order valence-electron chi connectivity index (χ0n) is 13.1. The average Bonchev–Trinajstić information content (AvgIpc) is 3.23. The summed E-state index contributed by atoms with van der Waals surface area (Å²) in [6.45, 7) is 3.51. The van der Waals surface area contributed by atoms with Crippen LogP contribution in [-0.4, -0.2) is 33.4 Å². The zero-order chi connectivity index (χ0) is 15.8. The molecule has 0 bridgehead atoms. The quantitative estimate of drug-likeness (QED) is 0.729. The van der Waals surface area contributed by atoms with E-state index in [1.165, 1.54) is 0 Å². The van der Waals surface area contributed by atoms with E-state index in [1.807, 2.05) is 48.6 Å². The number of fused-ring (bicyclic) bond motifs is 1. The van der Waals surface area contributed by atoms with Crippen molar-refractivity contribution in [3.63, 3.8) is 0 Å². The second kappa shape index (κ2) is 5.57. The number of hydrogen-bond acceptors (Lipinski definition) is 3. The van der Waals surface area contributed by atoms with E-state index in [1.54, 1.807) is 6.20 Å². The van der Waals surface area contributed by atoms with Gasteiger partial charge in [-0.15, -0.1) is 0 Å². The molecule has 0 saturated carbocycles. The number of imidazole rings is 1. The van der Waals surface area contributed by atoms with Gasteiger partial charge in [-0.2, -0.15) is 0 Å². The van der Waals surface area contributed by atoms with Gasteiger partial charge < -0.3 is 13.9 Å². The number of amides is 1. The summed E-state index contributed by atoms with van der Waals surface area (Å²) in [6.07, 6.45) is 7.63. The average molecular weight is 309 g/mol. The summed E-state index contributed by atoms with van der Waals surface area (Å²) < 4.78 is 7.84. The molecule has 5 heteroatoms. The zero-order valence-corrected chi connectivity index (χ0v) is 13.1. The van der Waals surface area contributed by atoms with Crippen LogP contribution in [0.2, 0.25) is 0 Å². The van der Waals surface area contributed by atoms with Crippen LogP contribution in [0.1, 0.15) is 35.0 Å². The number of carbonyl (C=O) groups excluding carboxylic acids is 1. The van der Waals surface area contributed by atoms with E-state index in [-0.39, 0.29) is 5.91 Å². The highest BCUT2D eigenvalue weighted by Crippen LogP contribution is 2.25. The van der Waals surface area contributed by atoms with Gasteiger partial charge in [0.05, 0.1) is 12.4 Å². The number of piperidine rings is 1. The van der Waals surface area contributed by atoms with Gasteiger partial charge in [-0.05, 0) is 38.0 Å². The van der Waals surface area contributed by atoms with Gasteiger partial charge in [-0.1, -0.05) is 11.6 Å². The Labute approximate surface area is 134 Å². The standard InChI is InChI=1S/C18H19N3O2/c1-13-4-5-16-14(9-13)10-17(23-16)18(22)20-7-2-3-15(11-20)21-8-6-19-12-21/h4-6,8-10,12,15H,2-3,7,11H2,1H3/t15-/m1/s1. The summed E-state index contributed by atoms with van der Waals surface area (Å²) in [7, 11) is 0. The Morgan fingerprint density at radius 2 is 2.26 bits per heavy atom. The third-order valence-electron chi connectivity index (χ3n) is 4.51. The molecule has 1 saturated heterocycles. The summed E-state index contributed by atoms with van der Waals surface area (Å²) in [5.41, 5.74) is 1.93. The Hall–Kier alpha value is -2.56. The molecule has 4 rings (SSSR count). The molecule has 1 aromatic carbocycles. The Bertz CT molecular complexity index is 835. The van der Waals surface area contributed by atoms with Crippen molar-refractivity contribution in [2.24, 2.45) is 0 Å². The van der Waals surface area contributed by atoms with Gasteiger partial charge in [-0.25, -0.2) is 4.98 Å². The first kappa shape index (κ1) is 14.1. The fourth-order valence-corrected chi connectivity index (χ4v) is 3.29. The minimum Gasteiger partial charge on any atom is -0.451 e. The fourth-order valence-electron chi connectivity index (χ4n) is 3.29. The van der Waals surface area contributed by atoms with Crippen molar-refractivity contribution >= 4 is 16.9 Å². The predicted molar refractivity (Wildman–Crippen MR) is 87.4 cm³/mol. The van der Waals surface area contributed by atoms with Crippen molar-refractivity contribution in [1.82, 2.24) is 14.5 Å². The second-order valence-electron chi connectivity index (χ2n) is 6.21. The van der Waals surface area contributed by atoms with Crippen molar-refractivity contribution in [2.45, 2.75) is 25.8 Å². The van der Waals surface area contributed by atoms with Crippen molar-refractivity contribution in [3.8, 4) is 0 Å². The molecular formula is C18H19N3O2. The van der Waals surface area contributed by atoms with Gasteiger partial charge in [0, 0.05) is 30.9 Å². The number of benzene rings is 1. The smallest absolute Gasteiger partial charge is 0.289 e. The van der Waals surface area contributed by atoms with Crippen molar-refractivity contribution in [3.05, 3.63) is 54.3 Å². The molecule has 0 unspecified atom stereocenters. The molecule has 1 aliphatic rings. The summed E-state index contributed by atoms with van der Waals surface area (Å²) >= 11 is 0. The van der Waals surface area contributed by atoms with Crippen LogP contribution in [0.5, 0.6) is 0 Å². The molecule has 0 spiro atoms. The minimum absolute atomic E-state index is 0.0244. The molecule has 5 nitrogen and oxygen atoms in total. The maximum Gasteiger partial charge on any atom is 0.289 e. The lowest BCUT2D eigenvalue weighted by Gasteiger charge is -2.32. The van der Waals surface area contributed by atoms with Gasteiger partial charge >= 0.3 is 0 Å². The normalized spacial score (nSPS) is 18.5. The monoisotopic (exact) mass is 309 g/mol. The Kier molecular flexibility index (Phi) is 3.41. The third-order valence-corrected chi connectivity index (χ3v) is 4.51. The Balaban J connectivity index is 1.57. The van der Waals surface area contributed by atoms with E-state index in [0.29, 0.717) is 18.3 Å². The SMILES string of the molecule is Cc1ccc2oc(C(=O)N3CCC[C@@H](n4ccnc4)C3)cc2c1. The number of hydrogen-bond donors (Lipinski definition) is 0. The Morgan fingerprint density at radius 1 is 1.35 bits per heavy atom. The van der Waals surface area contributed by atoms with Crippen molar-refractivity contribution < 1.29 is 9.21 Å². The second-order valence-corrected chi connectivity index (χ2v) is 6.21. The van der Waals surface area contributed by atoms with Crippen LogP contribution in [-0.2, 0) is 0 Å². The molecule has 2 aromatic heterocycles. The molecular weight excluding hydrogens is 290 g/mol. The number of likely N-dealkylation sites (tertiary alicyclic amines) is 1. The number of rotatable bonds is 2. The molecule has 3 heterocycles. The number of aromatic nitrogens is 2. The molecule has 23 heavy (non-hydrogen) atoms. The lowest BCUT2D eigenvalue weighted by molar-refractivity contribution is 0.0650. The lowest BCUT2D eigenvalue weighted by atomic mass is 10.1. The summed E-state index contributed by atoms with van der Waals surface area (Å²) in [6, 6.07) is 8.11. The van der Waals surface area contributed by atoms with Gasteiger partial charge in [0.25, 0.3) is 5.91 Å². The number of furan rings is 1. The fraction of sp³-hybridized carbons (Fsp3) is 0.333. The van der Waals surface area contributed by atoms with Crippen LogP contribution in [0.4, 0.5) is 0 Å². The topological polar surface area (TPSA) is 51.3 Å². The van der Waals surface area contributed by atoms with Gasteiger partial charge in [0.2, 0.25) is 0 Å². The van der Waals surface area contributed by atoms with Crippen LogP contribution in [0.3, 0.4) is 0 Å². The molecule has 118 valence electrons. The molecule has 1 fully saturated rings. The van der Waals surface area contributed by atoms with Gasteiger partial charge in [0.1, 0.15) is 5.58 Å². The van der Waals surface area contributed by atoms with E-state index in [9.17, 15) is 4.79 Å². The lowest BCUT2D eigenvalue weighted by Crippen LogP contribution is -2.40. The van der Waals surface area contributed by atoms with E-state index in [2.05, 4.69) is 9.55 Å². The van der Waals surface area contributed by atoms with Gasteiger partial charge in [0.15, 0.2) is 5.76 Å². The van der Waals surface area contributed by atoms with E-state index >= 15 is 0 Å². The van der Waals surface area contributed by atoms with E-state index in [0.717, 1.165) is 35.9 Å². The van der Waals surface area contributed by atoms with Crippen LogP contribution in [0.15, 0.2) is 47.4 Å². The molecule has 0 aliphatic carbocycles. The highest BCUT2D eigenvalue weighted by atomic mass is 16.3. The predicted octanol–water partition coefficient (Wildman–Crippen LogP) is 3.42. The van der Waals surface area contributed by atoms with Crippen LogP contribution >= 0.6 is 0 Å². The molecule has 1 amide bonds. The number of carbonyl (C=O) groups is 1. The first-order valence-electron chi connectivity index (χ1n) is 7.97. The highest BCUT2D eigenvalue weighted by molar-refractivity contribution is 5.96. The van der Waals surface area contributed by atoms with E-state index in [4.69, 9.17) is 4.42 Å².